The number of aromatic nitrogens is 3. The van der Waals surface area contributed by atoms with Crippen molar-refractivity contribution < 1.29 is 4.74 Å². The number of para-hydroxylation sites is 1. The maximum atomic E-state index is 6.02. The molecule has 1 aliphatic heterocycles. The molecule has 27 heavy (non-hydrogen) atoms. The Morgan fingerprint density at radius 2 is 1.89 bits per heavy atom. The Balaban J connectivity index is 1.59. The molecule has 0 bridgehead atoms. The molecule has 0 N–H and O–H groups in total. The monoisotopic (exact) mass is 374 g/mol. The van der Waals surface area contributed by atoms with Crippen LogP contribution >= 0.6 is 11.3 Å². The van der Waals surface area contributed by atoms with E-state index in [1.54, 1.807) is 23.7 Å². The van der Waals surface area contributed by atoms with Crippen LogP contribution in [0.25, 0.3) is 22.3 Å². The maximum Gasteiger partial charge on any atom is 0.162 e. The van der Waals surface area contributed by atoms with Crippen LogP contribution in [0.1, 0.15) is 11.0 Å². The van der Waals surface area contributed by atoms with Crippen LogP contribution in [0.2, 0.25) is 0 Å². The molecule has 5 nitrogen and oxygen atoms in total. The highest BCUT2D eigenvalue weighted by molar-refractivity contribution is 7.10. The standard InChI is InChI=1S/C21H18N4OS/c1-2-5-17-16(4-1)21(24-20(23-17)15-7-9-22-10-8-15)25-11-12-26-18(14-25)19-6-3-13-27-19/h1-10,13,18H,11-12,14H2. The van der Waals surface area contributed by atoms with E-state index in [-0.39, 0.29) is 6.10 Å². The molecule has 4 aromatic rings. The predicted octanol–water partition coefficient (Wildman–Crippen LogP) is 4.33. The first-order chi connectivity index (χ1) is 13.4. The van der Waals surface area contributed by atoms with Gasteiger partial charge in [-0.2, -0.15) is 0 Å². The van der Waals surface area contributed by atoms with E-state index in [0.717, 1.165) is 41.2 Å². The van der Waals surface area contributed by atoms with Gasteiger partial charge < -0.3 is 9.64 Å². The van der Waals surface area contributed by atoms with Gasteiger partial charge in [-0.1, -0.05) is 18.2 Å². The molecule has 1 fully saturated rings. The summed E-state index contributed by atoms with van der Waals surface area (Å²) in [6.45, 7) is 2.29. The SMILES string of the molecule is c1csc(C2CN(c3nc(-c4ccncc4)nc4ccccc34)CCO2)c1. The first kappa shape index (κ1) is 16.4. The van der Waals surface area contributed by atoms with Crippen LogP contribution < -0.4 is 4.90 Å². The van der Waals surface area contributed by atoms with E-state index in [0.29, 0.717) is 6.61 Å². The van der Waals surface area contributed by atoms with Gasteiger partial charge in [-0.3, -0.25) is 4.98 Å². The van der Waals surface area contributed by atoms with E-state index >= 15 is 0 Å². The van der Waals surface area contributed by atoms with Crippen LogP contribution in [0.4, 0.5) is 5.82 Å². The zero-order chi connectivity index (χ0) is 18.1. The Labute approximate surface area is 161 Å². The van der Waals surface area contributed by atoms with Crippen LogP contribution in [0.3, 0.4) is 0 Å². The van der Waals surface area contributed by atoms with Crippen LogP contribution in [-0.4, -0.2) is 34.6 Å². The van der Waals surface area contributed by atoms with Crippen molar-refractivity contribution in [2.24, 2.45) is 0 Å². The van der Waals surface area contributed by atoms with Gasteiger partial charge in [0.1, 0.15) is 11.9 Å². The van der Waals surface area contributed by atoms with Gasteiger partial charge in [-0.05, 0) is 35.7 Å². The molecule has 0 saturated carbocycles. The normalized spacial score (nSPS) is 17.3. The fourth-order valence-electron chi connectivity index (χ4n) is 3.42. The molecule has 0 amide bonds. The van der Waals surface area contributed by atoms with Crippen molar-refractivity contribution in [1.29, 1.82) is 0 Å². The lowest BCUT2D eigenvalue weighted by atomic mass is 10.1. The largest absolute Gasteiger partial charge is 0.369 e. The van der Waals surface area contributed by atoms with Crippen molar-refractivity contribution in [3.8, 4) is 11.4 Å². The number of anilines is 1. The summed E-state index contributed by atoms with van der Waals surface area (Å²) in [4.78, 5) is 17.4. The minimum Gasteiger partial charge on any atom is -0.369 e. The van der Waals surface area contributed by atoms with E-state index in [1.165, 1.54) is 4.88 Å². The highest BCUT2D eigenvalue weighted by Crippen LogP contribution is 2.32. The van der Waals surface area contributed by atoms with Gasteiger partial charge in [0.2, 0.25) is 0 Å². The zero-order valence-corrected chi connectivity index (χ0v) is 15.5. The third kappa shape index (κ3) is 3.18. The Morgan fingerprint density at radius 1 is 1.00 bits per heavy atom. The molecule has 1 aliphatic rings. The summed E-state index contributed by atoms with van der Waals surface area (Å²) in [5, 5.41) is 3.17. The number of pyridine rings is 1. The second-order valence-electron chi connectivity index (χ2n) is 6.44. The van der Waals surface area contributed by atoms with Crippen LogP contribution in [0.15, 0.2) is 66.3 Å². The van der Waals surface area contributed by atoms with Crippen molar-refractivity contribution in [3.05, 3.63) is 71.2 Å². The summed E-state index contributed by atoms with van der Waals surface area (Å²) in [6, 6.07) is 16.3. The highest BCUT2D eigenvalue weighted by atomic mass is 32.1. The van der Waals surface area contributed by atoms with Gasteiger partial charge in [-0.15, -0.1) is 11.3 Å². The highest BCUT2D eigenvalue weighted by Gasteiger charge is 2.25. The fourth-order valence-corrected chi connectivity index (χ4v) is 4.19. The van der Waals surface area contributed by atoms with Crippen LogP contribution in [-0.2, 0) is 4.74 Å². The second kappa shape index (κ2) is 7.06. The molecule has 6 heteroatoms. The number of benzene rings is 1. The van der Waals surface area contributed by atoms with E-state index < -0.39 is 0 Å². The summed E-state index contributed by atoms with van der Waals surface area (Å²) in [6.07, 6.45) is 3.63. The molecule has 1 aromatic carbocycles. The minimum absolute atomic E-state index is 0.0804. The Kier molecular flexibility index (Phi) is 4.27. The Hall–Kier alpha value is -2.83. The summed E-state index contributed by atoms with van der Waals surface area (Å²) >= 11 is 1.74. The molecule has 1 unspecified atom stereocenters. The number of hydrogen-bond donors (Lipinski definition) is 0. The molecule has 1 atom stereocenters. The first-order valence-electron chi connectivity index (χ1n) is 8.95. The summed E-state index contributed by atoms with van der Waals surface area (Å²) in [5.41, 5.74) is 1.92. The molecule has 0 aliphatic carbocycles. The lowest BCUT2D eigenvalue weighted by Gasteiger charge is -2.34. The van der Waals surface area contributed by atoms with Crippen molar-refractivity contribution in [2.75, 3.05) is 24.6 Å². The molecule has 4 heterocycles. The van der Waals surface area contributed by atoms with Gasteiger partial charge in [0, 0.05) is 34.8 Å². The number of nitrogens with zero attached hydrogens (tertiary/aromatic N) is 4. The molecule has 5 rings (SSSR count). The molecular weight excluding hydrogens is 356 g/mol. The smallest absolute Gasteiger partial charge is 0.162 e. The van der Waals surface area contributed by atoms with E-state index in [1.807, 2.05) is 30.3 Å². The number of thiophene rings is 1. The van der Waals surface area contributed by atoms with Crippen molar-refractivity contribution >= 4 is 28.1 Å². The van der Waals surface area contributed by atoms with Gasteiger partial charge in [0.15, 0.2) is 5.82 Å². The topological polar surface area (TPSA) is 51.1 Å². The van der Waals surface area contributed by atoms with Crippen LogP contribution in [0.5, 0.6) is 0 Å². The molecule has 134 valence electrons. The summed E-state index contributed by atoms with van der Waals surface area (Å²) < 4.78 is 6.02. The van der Waals surface area contributed by atoms with E-state index in [4.69, 9.17) is 14.7 Å². The second-order valence-corrected chi connectivity index (χ2v) is 7.42. The van der Waals surface area contributed by atoms with Crippen LogP contribution in [0, 0.1) is 0 Å². The molecular formula is C21H18N4OS. The first-order valence-corrected chi connectivity index (χ1v) is 9.83. The molecule has 3 aromatic heterocycles. The maximum absolute atomic E-state index is 6.02. The lowest BCUT2D eigenvalue weighted by Crippen LogP contribution is -2.38. The van der Waals surface area contributed by atoms with Gasteiger partial charge >= 0.3 is 0 Å². The Morgan fingerprint density at radius 3 is 2.74 bits per heavy atom. The molecule has 0 radical (unpaired) electrons. The van der Waals surface area contributed by atoms with Crippen molar-refractivity contribution in [3.63, 3.8) is 0 Å². The quantitative estimate of drug-likeness (QED) is 0.534. The Bertz CT molecular complexity index is 1050. The number of rotatable bonds is 3. The number of hydrogen-bond acceptors (Lipinski definition) is 6. The van der Waals surface area contributed by atoms with Gasteiger partial charge in [0.05, 0.1) is 18.7 Å². The van der Waals surface area contributed by atoms with E-state index in [9.17, 15) is 0 Å². The average molecular weight is 374 g/mol. The third-order valence-electron chi connectivity index (χ3n) is 4.75. The molecule has 1 saturated heterocycles. The number of ether oxygens (including phenoxy) is 1. The number of fused-ring (bicyclic) bond motifs is 1. The zero-order valence-electron chi connectivity index (χ0n) is 14.7. The minimum atomic E-state index is 0.0804. The number of morpholine rings is 1. The average Bonchev–Trinajstić information content (AvgIpc) is 3.29. The summed E-state index contributed by atoms with van der Waals surface area (Å²) in [7, 11) is 0. The lowest BCUT2D eigenvalue weighted by molar-refractivity contribution is 0.0419. The summed E-state index contributed by atoms with van der Waals surface area (Å²) in [5.74, 6) is 1.70. The third-order valence-corrected chi connectivity index (χ3v) is 5.71. The van der Waals surface area contributed by atoms with Gasteiger partial charge in [-0.25, -0.2) is 9.97 Å². The molecule has 0 spiro atoms. The fraction of sp³-hybridized carbons (Fsp3) is 0.190. The van der Waals surface area contributed by atoms with Crippen molar-refractivity contribution in [1.82, 2.24) is 15.0 Å². The predicted molar refractivity (Wildman–Crippen MR) is 108 cm³/mol. The van der Waals surface area contributed by atoms with Crippen molar-refractivity contribution in [2.45, 2.75) is 6.10 Å². The van der Waals surface area contributed by atoms with E-state index in [2.05, 4.69) is 33.5 Å². The van der Waals surface area contributed by atoms with Gasteiger partial charge in [0.25, 0.3) is 0 Å².